The summed E-state index contributed by atoms with van der Waals surface area (Å²) in [7, 11) is 0. The Labute approximate surface area is 125 Å². The van der Waals surface area contributed by atoms with Crippen LogP contribution in [0.3, 0.4) is 0 Å². The SMILES string of the molecule is CC1(CC(C=CN)=Nc2cc(C(F)(F)F)ns2)CCCC1. The van der Waals surface area contributed by atoms with Gasteiger partial charge in [0.15, 0.2) is 5.69 Å². The van der Waals surface area contributed by atoms with Crippen LogP contribution < -0.4 is 5.73 Å². The maximum Gasteiger partial charge on any atom is 0.434 e. The highest BCUT2D eigenvalue weighted by atomic mass is 32.1. The summed E-state index contributed by atoms with van der Waals surface area (Å²) in [5, 5.41) is 0.261. The number of rotatable bonds is 4. The predicted octanol–water partition coefficient (Wildman–Crippen LogP) is 4.68. The zero-order chi connectivity index (χ0) is 15.5. The molecule has 0 bridgehead atoms. The summed E-state index contributed by atoms with van der Waals surface area (Å²) in [6, 6.07) is 0.978. The van der Waals surface area contributed by atoms with Crippen molar-refractivity contribution in [1.82, 2.24) is 4.37 Å². The Kier molecular flexibility index (Phi) is 4.70. The van der Waals surface area contributed by atoms with Gasteiger partial charge in [-0.1, -0.05) is 19.8 Å². The van der Waals surface area contributed by atoms with Gasteiger partial charge in [0.05, 0.1) is 0 Å². The van der Waals surface area contributed by atoms with E-state index in [0.717, 1.165) is 36.9 Å². The number of hydrogen-bond acceptors (Lipinski definition) is 4. The molecule has 1 aliphatic rings. The number of nitrogens with two attached hydrogens (primary N) is 1. The minimum absolute atomic E-state index is 0.163. The van der Waals surface area contributed by atoms with Crippen LogP contribution in [0.25, 0.3) is 0 Å². The van der Waals surface area contributed by atoms with Crippen LogP contribution in [0.15, 0.2) is 23.3 Å². The number of nitrogens with zero attached hydrogens (tertiary/aromatic N) is 2. The standard InChI is InChI=1S/C14H18F3N3S/c1-13(5-2-3-6-13)9-10(4-7-18)19-12-8-11(20-21-12)14(15,16)17/h4,7-8H,2-3,5-6,9,18H2,1H3. The fourth-order valence-corrected chi connectivity index (χ4v) is 3.35. The first-order chi connectivity index (χ1) is 9.82. The van der Waals surface area contributed by atoms with Gasteiger partial charge in [0, 0.05) is 11.8 Å². The number of allylic oxidation sites excluding steroid dienone is 1. The molecule has 2 N–H and O–H groups in total. The van der Waals surface area contributed by atoms with Gasteiger partial charge in [0.2, 0.25) is 0 Å². The zero-order valence-electron chi connectivity index (χ0n) is 11.8. The summed E-state index contributed by atoms with van der Waals surface area (Å²) in [4.78, 5) is 4.30. The first kappa shape index (κ1) is 16.0. The van der Waals surface area contributed by atoms with E-state index >= 15 is 0 Å². The molecule has 0 spiro atoms. The second kappa shape index (κ2) is 6.17. The maximum atomic E-state index is 12.5. The quantitative estimate of drug-likeness (QED) is 0.820. The van der Waals surface area contributed by atoms with Crippen LogP contribution in [-0.4, -0.2) is 10.1 Å². The van der Waals surface area contributed by atoms with Crippen molar-refractivity contribution in [2.75, 3.05) is 0 Å². The van der Waals surface area contributed by atoms with Crippen molar-refractivity contribution >= 4 is 22.2 Å². The second-order valence-corrected chi connectivity index (χ2v) is 6.49. The average Bonchev–Trinajstić information content (AvgIpc) is 2.98. The average molecular weight is 317 g/mol. The van der Waals surface area contributed by atoms with Crippen molar-refractivity contribution in [2.45, 2.75) is 45.2 Å². The number of alkyl halides is 3. The van der Waals surface area contributed by atoms with E-state index in [-0.39, 0.29) is 10.4 Å². The number of halogens is 3. The third-order valence-electron chi connectivity index (χ3n) is 3.75. The molecule has 21 heavy (non-hydrogen) atoms. The van der Waals surface area contributed by atoms with Crippen molar-refractivity contribution < 1.29 is 13.2 Å². The normalized spacial score (nSPS) is 19.5. The molecular formula is C14H18F3N3S. The van der Waals surface area contributed by atoms with E-state index in [9.17, 15) is 13.2 Å². The Morgan fingerprint density at radius 3 is 2.67 bits per heavy atom. The topological polar surface area (TPSA) is 51.3 Å². The Balaban J connectivity index is 2.19. The fraction of sp³-hybridized carbons (Fsp3) is 0.571. The van der Waals surface area contributed by atoms with Crippen LogP contribution >= 0.6 is 11.5 Å². The summed E-state index contributed by atoms with van der Waals surface area (Å²) in [5.74, 6) is 0. The number of aliphatic imine (C=N–C) groups is 1. The van der Waals surface area contributed by atoms with Gasteiger partial charge in [-0.3, -0.25) is 0 Å². The molecule has 3 nitrogen and oxygen atoms in total. The molecule has 0 amide bonds. The molecule has 0 aliphatic heterocycles. The molecule has 1 aliphatic carbocycles. The van der Waals surface area contributed by atoms with E-state index in [1.807, 2.05) is 0 Å². The van der Waals surface area contributed by atoms with Gasteiger partial charge in [-0.05, 0) is 48.5 Å². The monoisotopic (exact) mass is 317 g/mol. The molecule has 0 radical (unpaired) electrons. The van der Waals surface area contributed by atoms with Crippen molar-refractivity contribution in [2.24, 2.45) is 16.1 Å². The summed E-state index contributed by atoms with van der Waals surface area (Å²) < 4.78 is 41.0. The Morgan fingerprint density at radius 2 is 2.14 bits per heavy atom. The molecule has 0 aromatic carbocycles. The number of aromatic nitrogens is 1. The highest BCUT2D eigenvalue weighted by Gasteiger charge is 2.34. The van der Waals surface area contributed by atoms with E-state index in [4.69, 9.17) is 5.73 Å². The van der Waals surface area contributed by atoms with Crippen LogP contribution in [0.4, 0.5) is 18.2 Å². The molecular weight excluding hydrogens is 299 g/mol. The third kappa shape index (κ3) is 4.30. The van der Waals surface area contributed by atoms with E-state index in [1.54, 1.807) is 6.08 Å². The van der Waals surface area contributed by atoms with Gasteiger partial charge in [-0.15, -0.1) is 0 Å². The third-order valence-corrected chi connectivity index (χ3v) is 4.43. The van der Waals surface area contributed by atoms with Crippen molar-refractivity contribution in [3.8, 4) is 0 Å². The van der Waals surface area contributed by atoms with Crippen LogP contribution in [0, 0.1) is 5.41 Å². The van der Waals surface area contributed by atoms with Gasteiger partial charge in [-0.25, -0.2) is 4.99 Å². The van der Waals surface area contributed by atoms with Gasteiger partial charge in [-0.2, -0.15) is 17.5 Å². The molecule has 0 unspecified atom stereocenters. The Bertz CT molecular complexity index is 540. The molecule has 1 fully saturated rings. The summed E-state index contributed by atoms with van der Waals surface area (Å²) in [6.07, 6.45) is 3.94. The van der Waals surface area contributed by atoms with Crippen LogP contribution in [0.5, 0.6) is 0 Å². The molecule has 1 aromatic rings. The van der Waals surface area contributed by atoms with Crippen LogP contribution in [0.1, 0.15) is 44.7 Å². The molecule has 7 heteroatoms. The lowest BCUT2D eigenvalue weighted by Gasteiger charge is -2.23. The lowest BCUT2D eigenvalue weighted by Crippen LogP contribution is -2.15. The van der Waals surface area contributed by atoms with Gasteiger partial charge < -0.3 is 5.73 Å². The molecule has 2 rings (SSSR count). The van der Waals surface area contributed by atoms with Crippen molar-refractivity contribution in [1.29, 1.82) is 0 Å². The first-order valence-electron chi connectivity index (χ1n) is 6.82. The Morgan fingerprint density at radius 1 is 1.48 bits per heavy atom. The second-order valence-electron chi connectivity index (χ2n) is 5.70. The van der Waals surface area contributed by atoms with E-state index in [0.29, 0.717) is 5.71 Å². The van der Waals surface area contributed by atoms with E-state index < -0.39 is 11.9 Å². The smallest absolute Gasteiger partial charge is 0.405 e. The largest absolute Gasteiger partial charge is 0.434 e. The predicted molar refractivity (Wildman–Crippen MR) is 78.7 cm³/mol. The highest BCUT2D eigenvalue weighted by Crippen LogP contribution is 2.41. The molecule has 1 aromatic heterocycles. The number of hydrogen-bond donors (Lipinski definition) is 1. The fourth-order valence-electron chi connectivity index (χ4n) is 2.68. The Hall–Kier alpha value is -1.37. The minimum Gasteiger partial charge on any atom is -0.405 e. The first-order valence-corrected chi connectivity index (χ1v) is 7.59. The molecule has 116 valence electrons. The molecule has 0 saturated heterocycles. The van der Waals surface area contributed by atoms with Crippen LogP contribution in [-0.2, 0) is 6.18 Å². The van der Waals surface area contributed by atoms with E-state index in [2.05, 4.69) is 16.3 Å². The summed E-state index contributed by atoms with van der Waals surface area (Å²) >= 11 is 0.755. The van der Waals surface area contributed by atoms with Gasteiger partial charge in [0.1, 0.15) is 5.00 Å². The molecule has 1 heterocycles. The van der Waals surface area contributed by atoms with Crippen molar-refractivity contribution in [3.63, 3.8) is 0 Å². The summed E-state index contributed by atoms with van der Waals surface area (Å²) in [5.41, 5.74) is 5.40. The van der Waals surface area contributed by atoms with Gasteiger partial charge in [0.25, 0.3) is 0 Å². The molecule has 0 atom stereocenters. The summed E-state index contributed by atoms with van der Waals surface area (Å²) in [6.45, 7) is 2.19. The zero-order valence-corrected chi connectivity index (χ0v) is 12.6. The molecule has 1 saturated carbocycles. The van der Waals surface area contributed by atoms with Crippen molar-refractivity contribution in [3.05, 3.63) is 24.0 Å². The van der Waals surface area contributed by atoms with Crippen LogP contribution in [0.2, 0.25) is 0 Å². The minimum atomic E-state index is -4.43. The maximum absolute atomic E-state index is 12.5. The van der Waals surface area contributed by atoms with E-state index in [1.165, 1.54) is 19.0 Å². The van der Waals surface area contributed by atoms with Gasteiger partial charge >= 0.3 is 6.18 Å². The highest BCUT2D eigenvalue weighted by molar-refractivity contribution is 7.09. The lowest BCUT2D eigenvalue weighted by atomic mass is 9.83. The lowest BCUT2D eigenvalue weighted by molar-refractivity contribution is -0.140.